The van der Waals surface area contributed by atoms with Gasteiger partial charge in [0.2, 0.25) is 0 Å². The quantitative estimate of drug-likeness (QED) is 0.894. The highest BCUT2D eigenvalue weighted by Crippen LogP contribution is 2.29. The average molecular weight is 283 g/mol. The van der Waals surface area contributed by atoms with E-state index in [1.54, 1.807) is 13.0 Å². The van der Waals surface area contributed by atoms with E-state index in [2.05, 4.69) is 5.32 Å². The van der Waals surface area contributed by atoms with Crippen molar-refractivity contribution in [2.45, 2.75) is 26.3 Å². The maximum atomic E-state index is 13.9. The van der Waals surface area contributed by atoms with Crippen LogP contribution in [0, 0.1) is 24.4 Å². The number of benzene rings is 1. The Kier molecular flexibility index (Phi) is 4.49. The summed E-state index contributed by atoms with van der Waals surface area (Å²) in [6.07, 6.45) is 2.25. The van der Waals surface area contributed by atoms with E-state index in [-0.39, 0.29) is 5.56 Å². The first-order valence-corrected chi connectivity index (χ1v) is 6.45. The number of nitrogens with one attached hydrogen (secondary N) is 1. The van der Waals surface area contributed by atoms with Gasteiger partial charge in [0, 0.05) is 23.3 Å². The van der Waals surface area contributed by atoms with Gasteiger partial charge in [0.15, 0.2) is 0 Å². The van der Waals surface area contributed by atoms with Crippen molar-refractivity contribution in [3.8, 4) is 0 Å². The molecule has 108 valence electrons. The second-order valence-electron chi connectivity index (χ2n) is 4.66. The van der Waals surface area contributed by atoms with Crippen LogP contribution in [0.1, 0.15) is 36.3 Å². The molecule has 1 heterocycles. The molecule has 0 aliphatic rings. The van der Waals surface area contributed by atoms with Gasteiger partial charge in [-0.2, -0.15) is 0 Å². The molecular formula is C15H16F3NO. The van der Waals surface area contributed by atoms with Gasteiger partial charge in [-0.05, 0) is 26.0 Å². The van der Waals surface area contributed by atoms with Crippen molar-refractivity contribution < 1.29 is 17.6 Å². The lowest BCUT2D eigenvalue weighted by atomic mass is 9.99. The Morgan fingerprint density at radius 1 is 1.15 bits per heavy atom. The zero-order valence-electron chi connectivity index (χ0n) is 11.3. The fourth-order valence-electron chi connectivity index (χ4n) is 2.12. The number of furan rings is 1. The summed E-state index contributed by atoms with van der Waals surface area (Å²) in [5, 5.41) is 3.05. The average Bonchev–Trinajstić information content (AvgIpc) is 2.78. The van der Waals surface area contributed by atoms with Crippen LogP contribution in [0.2, 0.25) is 0 Å². The van der Waals surface area contributed by atoms with Crippen LogP contribution < -0.4 is 5.32 Å². The van der Waals surface area contributed by atoms with Crippen LogP contribution >= 0.6 is 0 Å². The van der Waals surface area contributed by atoms with Crippen molar-refractivity contribution in [2.24, 2.45) is 0 Å². The van der Waals surface area contributed by atoms with Crippen molar-refractivity contribution >= 4 is 0 Å². The SMILES string of the molecule is CCCNC(c1coc(C)c1)c1c(F)cc(F)cc1F. The van der Waals surface area contributed by atoms with Crippen LogP contribution in [0.25, 0.3) is 0 Å². The van der Waals surface area contributed by atoms with Gasteiger partial charge < -0.3 is 9.73 Å². The predicted octanol–water partition coefficient (Wildman–Crippen LogP) is 4.09. The van der Waals surface area contributed by atoms with E-state index in [4.69, 9.17) is 4.42 Å². The van der Waals surface area contributed by atoms with Gasteiger partial charge in [-0.15, -0.1) is 0 Å². The molecule has 20 heavy (non-hydrogen) atoms. The Morgan fingerprint density at radius 3 is 2.30 bits per heavy atom. The molecule has 0 saturated heterocycles. The monoisotopic (exact) mass is 283 g/mol. The number of aryl methyl sites for hydroxylation is 1. The van der Waals surface area contributed by atoms with E-state index < -0.39 is 23.5 Å². The summed E-state index contributed by atoms with van der Waals surface area (Å²) in [5.41, 5.74) is 0.418. The summed E-state index contributed by atoms with van der Waals surface area (Å²) in [6, 6.07) is 2.38. The third kappa shape index (κ3) is 3.04. The van der Waals surface area contributed by atoms with Crippen LogP contribution in [0.15, 0.2) is 28.9 Å². The van der Waals surface area contributed by atoms with Gasteiger partial charge in [0.25, 0.3) is 0 Å². The van der Waals surface area contributed by atoms with Gasteiger partial charge in [-0.3, -0.25) is 0 Å². The molecule has 0 spiro atoms. The molecule has 2 nitrogen and oxygen atoms in total. The van der Waals surface area contributed by atoms with Crippen molar-refractivity contribution in [3.05, 3.63) is 58.8 Å². The minimum Gasteiger partial charge on any atom is -0.469 e. The molecule has 1 aromatic heterocycles. The fourth-order valence-corrected chi connectivity index (χ4v) is 2.12. The lowest BCUT2D eigenvalue weighted by Crippen LogP contribution is -2.25. The minimum absolute atomic E-state index is 0.194. The summed E-state index contributed by atoms with van der Waals surface area (Å²) in [6.45, 7) is 4.27. The Balaban J connectivity index is 2.46. The first kappa shape index (κ1) is 14.7. The molecule has 0 saturated carbocycles. The van der Waals surface area contributed by atoms with Crippen LogP contribution in [-0.2, 0) is 0 Å². The lowest BCUT2D eigenvalue weighted by molar-refractivity contribution is 0.481. The summed E-state index contributed by atoms with van der Waals surface area (Å²) in [5.74, 6) is -2.10. The molecule has 0 aliphatic carbocycles. The summed E-state index contributed by atoms with van der Waals surface area (Å²) >= 11 is 0. The minimum atomic E-state index is -0.929. The number of hydrogen-bond donors (Lipinski definition) is 1. The van der Waals surface area contributed by atoms with E-state index in [1.165, 1.54) is 6.26 Å². The third-order valence-corrected chi connectivity index (χ3v) is 3.02. The smallest absolute Gasteiger partial charge is 0.134 e. The zero-order chi connectivity index (χ0) is 14.7. The Labute approximate surface area is 115 Å². The molecule has 0 radical (unpaired) electrons. The van der Waals surface area contributed by atoms with Crippen LogP contribution in [0.5, 0.6) is 0 Å². The van der Waals surface area contributed by atoms with Crippen molar-refractivity contribution in [1.82, 2.24) is 5.32 Å². The third-order valence-electron chi connectivity index (χ3n) is 3.02. The maximum absolute atomic E-state index is 13.9. The van der Waals surface area contributed by atoms with E-state index in [0.29, 0.717) is 30.0 Å². The van der Waals surface area contributed by atoms with E-state index in [1.807, 2.05) is 6.92 Å². The van der Waals surface area contributed by atoms with E-state index >= 15 is 0 Å². The number of rotatable bonds is 5. The fraction of sp³-hybridized carbons (Fsp3) is 0.333. The summed E-state index contributed by atoms with van der Waals surface area (Å²) in [7, 11) is 0. The molecule has 0 bridgehead atoms. The maximum Gasteiger partial charge on any atom is 0.134 e. The Hall–Kier alpha value is -1.75. The molecule has 1 N–H and O–H groups in total. The molecule has 0 fully saturated rings. The molecule has 1 unspecified atom stereocenters. The summed E-state index contributed by atoms with van der Waals surface area (Å²) in [4.78, 5) is 0. The molecule has 2 rings (SSSR count). The second kappa shape index (κ2) is 6.13. The molecule has 1 aromatic carbocycles. The van der Waals surface area contributed by atoms with Crippen LogP contribution in [0.3, 0.4) is 0 Å². The number of halogens is 3. The molecule has 1 atom stereocenters. The van der Waals surface area contributed by atoms with Crippen molar-refractivity contribution in [3.63, 3.8) is 0 Å². The largest absolute Gasteiger partial charge is 0.469 e. The predicted molar refractivity (Wildman–Crippen MR) is 69.9 cm³/mol. The van der Waals surface area contributed by atoms with Gasteiger partial charge in [-0.1, -0.05) is 6.92 Å². The summed E-state index contributed by atoms with van der Waals surface area (Å²) < 4.78 is 46.1. The molecule has 0 amide bonds. The lowest BCUT2D eigenvalue weighted by Gasteiger charge is -2.19. The van der Waals surface area contributed by atoms with Crippen LogP contribution in [-0.4, -0.2) is 6.54 Å². The number of hydrogen-bond acceptors (Lipinski definition) is 2. The zero-order valence-corrected chi connectivity index (χ0v) is 11.3. The standard InChI is InChI=1S/C15H16F3NO/c1-3-4-19-15(10-5-9(2)20-8-10)14-12(17)6-11(16)7-13(14)18/h5-8,15,19H,3-4H2,1-2H3. The van der Waals surface area contributed by atoms with Gasteiger partial charge in [0.1, 0.15) is 23.2 Å². The van der Waals surface area contributed by atoms with E-state index in [0.717, 1.165) is 6.42 Å². The first-order chi connectivity index (χ1) is 9.52. The highest BCUT2D eigenvalue weighted by atomic mass is 19.1. The topological polar surface area (TPSA) is 25.2 Å². The molecule has 2 aromatic rings. The van der Waals surface area contributed by atoms with Gasteiger partial charge >= 0.3 is 0 Å². The Bertz CT molecular complexity index is 572. The van der Waals surface area contributed by atoms with Crippen molar-refractivity contribution in [1.29, 1.82) is 0 Å². The van der Waals surface area contributed by atoms with Crippen LogP contribution in [0.4, 0.5) is 13.2 Å². The van der Waals surface area contributed by atoms with Crippen molar-refractivity contribution in [2.75, 3.05) is 6.54 Å². The normalized spacial score (nSPS) is 12.7. The highest BCUT2D eigenvalue weighted by Gasteiger charge is 2.23. The Morgan fingerprint density at radius 2 is 1.80 bits per heavy atom. The highest BCUT2D eigenvalue weighted by molar-refractivity contribution is 5.33. The van der Waals surface area contributed by atoms with Gasteiger partial charge in [0.05, 0.1) is 12.3 Å². The molecule has 5 heteroatoms. The second-order valence-corrected chi connectivity index (χ2v) is 4.66. The molecule has 0 aliphatic heterocycles. The van der Waals surface area contributed by atoms with E-state index in [9.17, 15) is 13.2 Å². The first-order valence-electron chi connectivity index (χ1n) is 6.45. The molecular weight excluding hydrogens is 267 g/mol. The van der Waals surface area contributed by atoms with Gasteiger partial charge in [-0.25, -0.2) is 13.2 Å².